The molecule has 0 unspecified atom stereocenters. The second-order valence-electron chi connectivity index (χ2n) is 8.42. The maximum Gasteiger partial charge on any atom is 0.417 e. The van der Waals surface area contributed by atoms with Crippen LogP contribution in [0.5, 0.6) is 0 Å². The van der Waals surface area contributed by atoms with Gasteiger partial charge in [0, 0.05) is 31.5 Å². The zero-order chi connectivity index (χ0) is 24.9. The van der Waals surface area contributed by atoms with E-state index in [-0.39, 0.29) is 12.1 Å². The van der Waals surface area contributed by atoms with Gasteiger partial charge in [0.25, 0.3) is 0 Å². The van der Waals surface area contributed by atoms with Crippen LogP contribution < -0.4 is 5.32 Å². The quantitative estimate of drug-likeness (QED) is 0.675. The van der Waals surface area contributed by atoms with E-state index in [1.807, 2.05) is 6.07 Å². The Morgan fingerprint density at radius 1 is 1.29 bits per heavy atom. The van der Waals surface area contributed by atoms with Crippen LogP contribution in [0.3, 0.4) is 0 Å². The monoisotopic (exact) mass is 495 g/mol. The summed E-state index contributed by atoms with van der Waals surface area (Å²) in [5.41, 5.74) is -2.31. The predicted molar refractivity (Wildman–Crippen MR) is 111 cm³/mol. The third-order valence-electron chi connectivity index (χ3n) is 6.11. The molecule has 1 aromatic carbocycles. The highest BCUT2D eigenvalue weighted by Gasteiger charge is 2.50. The Morgan fingerprint density at radius 3 is 2.53 bits per heavy atom. The number of carbonyl (C=O) groups excluding carboxylic acids is 2. The van der Waals surface area contributed by atoms with Crippen LogP contribution in [0.25, 0.3) is 5.69 Å². The first-order chi connectivity index (χ1) is 15.9. The SMILES string of the molecule is CC(=O)N1C[C@H](S(=O)(=O)c2ccc(-n3ccnc3)cc2C(F)(F)F)C[C@H]1C(=O)NC1(C#N)CC1. The van der Waals surface area contributed by atoms with E-state index in [4.69, 9.17) is 0 Å². The number of sulfone groups is 1. The molecule has 1 aliphatic heterocycles. The van der Waals surface area contributed by atoms with Crippen molar-refractivity contribution in [2.24, 2.45) is 0 Å². The summed E-state index contributed by atoms with van der Waals surface area (Å²) in [6, 6.07) is 3.60. The average molecular weight is 495 g/mol. The van der Waals surface area contributed by atoms with Crippen molar-refractivity contribution in [1.82, 2.24) is 19.8 Å². The highest BCUT2D eigenvalue weighted by Crippen LogP contribution is 2.39. The number of nitrogens with one attached hydrogen (secondary N) is 1. The van der Waals surface area contributed by atoms with Crippen LogP contribution >= 0.6 is 0 Å². The fourth-order valence-corrected chi connectivity index (χ4v) is 5.96. The second-order valence-corrected chi connectivity index (χ2v) is 10.6. The highest BCUT2D eigenvalue weighted by molar-refractivity contribution is 7.92. The average Bonchev–Trinajstić information content (AvgIpc) is 3.19. The van der Waals surface area contributed by atoms with Gasteiger partial charge in [-0.3, -0.25) is 9.59 Å². The molecule has 2 fully saturated rings. The number of aromatic nitrogens is 2. The Labute approximate surface area is 193 Å². The summed E-state index contributed by atoms with van der Waals surface area (Å²) in [6.07, 6.45) is -0.416. The summed E-state index contributed by atoms with van der Waals surface area (Å²) in [6.45, 7) is 0.712. The largest absolute Gasteiger partial charge is 0.417 e. The number of imidazole rings is 1. The lowest BCUT2D eigenvalue weighted by atomic mass is 10.1. The van der Waals surface area contributed by atoms with E-state index < -0.39 is 61.7 Å². The molecule has 4 rings (SSSR count). The minimum Gasteiger partial charge on any atom is -0.336 e. The van der Waals surface area contributed by atoms with Crippen LogP contribution in [0.15, 0.2) is 41.8 Å². The molecule has 1 saturated carbocycles. The standard InChI is InChI=1S/C21H20F3N5O4S/c1-13(30)29-10-15(9-17(29)19(31)27-20(11-25)4-5-20)34(32,33)18-3-2-14(28-7-6-26-12-28)8-16(18)21(22,23)24/h2-3,6-8,12,15,17H,4-5,9-10H2,1H3,(H,27,31)/t15-,17+/m1/s1. The molecule has 2 aromatic rings. The molecule has 0 spiro atoms. The highest BCUT2D eigenvalue weighted by atomic mass is 32.2. The summed E-state index contributed by atoms with van der Waals surface area (Å²) in [5.74, 6) is -1.29. The van der Waals surface area contributed by atoms with E-state index in [0.717, 1.165) is 24.0 Å². The van der Waals surface area contributed by atoms with Crippen molar-refractivity contribution in [2.75, 3.05) is 6.54 Å². The Balaban J connectivity index is 1.68. The van der Waals surface area contributed by atoms with Crippen molar-refractivity contribution in [3.8, 4) is 11.8 Å². The van der Waals surface area contributed by atoms with Gasteiger partial charge in [0.05, 0.1) is 28.1 Å². The van der Waals surface area contributed by atoms with Gasteiger partial charge in [-0.25, -0.2) is 13.4 Å². The lowest BCUT2D eigenvalue weighted by Crippen LogP contribution is -2.48. The summed E-state index contributed by atoms with van der Waals surface area (Å²) in [4.78, 5) is 28.7. The summed E-state index contributed by atoms with van der Waals surface area (Å²) in [5, 5.41) is 10.3. The molecule has 1 saturated heterocycles. The molecule has 0 radical (unpaired) electrons. The van der Waals surface area contributed by atoms with Crippen molar-refractivity contribution in [3.63, 3.8) is 0 Å². The number of nitrogens with zero attached hydrogens (tertiary/aromatic N) is 4. The molecule has 2 amide bonds. The number of halogens is 3. The van der Waals surface area contributed by atoms with Gasteiger partial charge in [0.2, 0.25) is 11.8 Å². The Kier molecular flexibility index (Phi) is 5.67. The topological polar surface area (TPSA) is 125 Å². The number of amides is 2. The number of likely N-dealkylation sites (tertiary alicyclic amines) is 1. The second kappa shape index (κ2) is 8.12. The zero-order valence-electron chi connectivity index (χ0n) is 17.9. The maximum atomic E-state index is 13.9. The van der Waals surface area contributed by atoms with Crippen molar-refractivity contribution in [2.45, 2.75) is 54.1 Å². The smallest absolute Gasteiger partial charge is 0.336 e. The number of nitriles is 1. The molecule has 1 N–H and O–H groups in total. The van der Waals surface area contributed by atoms with Gasteiger partial charge < -0.3 is 14.8 Å². The van der Waals surface area contributed by atoms with Crippen LogP contribution in [0, 0.1) is 11.3 Å². The predicted octanol–water partition coefficient (Wildman–Crippen LogP) is 1.83. The number of hydrogen-bond acceptors (Lipinski definition) is 6. The molecular formula is C21H20F3N5O4S. The zero-order valence-corrected chi connectivity index (χ0v) is 18.7. The molecule has 0 bridgehead atoms. The third-order valence-corrected chi connectivity index (χ3v) is 8.30. The molecule has 2 heterocycles. The first kappa shape index (κ1) is 23.7. The van der Waals surface area contributed by atoms with E-state index in [1.54, 1.807) is 0 Å². The first-order valence-corrected chi connectivity index (χ1v) is 11.9. The fraction of sp³-hybridized carbons (Fsp3) is 0.429. The van der Waals surface area contributed by atoms with Crippen molar-refractivity contribution in [1.29, 1.82) is 5.26 Å². The van der Waals surface area contributed by atoms with Crippen molar-refractivity contribution >= 4 is 21.7 Å². The molecule has 2 atom stereocenters. The van der Waals surface area contributed by atoms with Gasteiger partial charge in [-0.1, -0.05) is 0 Å². The summed E-state index contributed by atoms with van der Waals surface area (Å²) >= 11 is 0. The Morgan fingerprint density at radius 2 is 2.00 bits per heavy atom. The van der Waals surface area contributed by atoms with Crippen LogP contribution in [-0.2, 0) is 25.6 Å². The van der Waals surface area contributed by atoms with Crippen molar-refractivity contribution < 1.29 is 31.2 Å². The summed E-state index contributed by atoms with van der Waals surface area (Å²) < 4.78 is 69.6. The fourth-order valence-electron chi connectivity index (χ4n) is 4.07. The number of hydrogen-bond donors (Lipinski definition) is 1. The molecule has 180 valence electrons. The van der Waals surface area contributed by atoms with Crippen LogP contribution in [0.4, 0.5) is 13.2 Å². The van der Waals surface area contributed by atoms with E-state index in [0.29, 0.717) is 12.8 Å². The van der Waals surface area contributed by atoms with Crippen LogP contribution in [-0.4, -0.2) is 58.1 Å². The molecule has 2 aliphatic rings. The summed E-state index contributed by atoms with van der Waals surface area (Å²) in [7, 11) is -4.59. The van der Waals surface area contributed by atoms with E-state index in [1.165, 1.54) is 29.4 Å². The van der Waals surface area contributed by atoms with Crippen LogP contribution in [0.2, 0.25) is 0 Å². The normalized spacial score (nSPS) is 21.7. The third kappa shape index (κ3) is 4.25. The van der Waals surface area contributed by atoms with Gasteiger partial charge in [0.1, 0.15) is 11.6 Å². The van der Waals surface area contributed by atoms with Gasteiger partial charge in [-0.05, 0) is 37.5 Å². The number of carbonyl (C=O) groups is 2. The van der Waals surface area contributed by atoms with Gasteiger partial charge in [0.15, 0.2) is 9.84 Å². The molecule has 9 nitrogen and oxygen atoms in total. The lowest BCUT2D eigenvalue weighted by Gasteiger charge is -2.23. The molecule has 34 heavy (non-hydrogen) atoms. The molecule has 13 heteroatoms. The molecule has 1 aliphatic carbocycles. The Bertz CT molecular complexity index is 1280. The van der Waals surface area contributed by atoms with Gasteiger partial charge >= 0.3 is 6.18 Å². The van der Waals surface area contributed by atoms with E-state index >= 15 is 0 Å². The number of benzene rings is 1. The van der Waals surface area contributed by atoms with Gasteiger partial charge in [-0.15, -0.1) is 0 Å². The van der Waals surface area contributed by atoms with Crippen molar-refractivity contribution in [3.05, 3.63) is 42.5 Å². The maximum absolute atomic E-state index is 13.9. The Hall–Kier alpha value is -3.40. The number of rotatable bonds is 5. The molecule has 1 aromatic heterocycles. The first-order valence-electron chi connectivity index (χ1n) is 10.3. The van der Waals surface area contributed by atoms with E-state index in [9.17, 15) is 36.4 Å². The van der Waals surface area contributed by atoms with Crippen LogP contribution in [0.1, 0.15) is 31.7 Å². The number of alkyl halides is 3. The lowest BCUT2D eigenvalue weighted by molar-refractivity contribution is -0.140. The molecular weight excluding hydrogens is 475 g/mol. The minimum absolute atomic E-state index is 0.0732. The van der Waals surface area contributed by atoms with E-state index in [2.05, 4.69) is 10.3 Å². The minimum atomic E-state index is -4.97. The van der Waals surface area contributed by atoms with Gasteiger partial charge in [-0.2, -0.15) is 18.4 Å².